The molecule has 3 rings (SSSR count). The summed E-state index contributed by atoms with van der Waals surface area (Å²) < 4.78 is 38.6. The lowest BCUT2D eigenvalue weighted by molar-refractivity contribution is -0.137. The van der Waals surface area contributed by atoms with E-state index in [1.807, 2.05) is 0 Å². The van der Waals surface area contributed by atoms with Gasteiger partial charge in [0, 0.05) is 12.1 Å². The van der Waals surface area contributed by atoms with E-state index in [0.29, 0.717) is 5.56 Å². The predicted octanol–water partition coefficient (Wildman–Crippen LogP) is 4.89. The Balaban J connectivity index is 2.15. The average Bonchev–Trinajstić information content (AvgIpc) is 2.92. The maximum atomic E-state index is 12.9. The van der Waals surface area contributed by atoms with Crippen LogP contribution in [0.1, 0.15) is 36.1 Å². The monoisotopic (exact) mass is 389 g/mol. The van der Waals surface area contributed by atoms with Crippen LogP contribution in [0.25, 0.3) is 0 Å². The molecule has 1 amide bonds. The van der Waals surface area contributed by atoms with Crippen LogP contribution >= 0.6 is 0 Å². The first kappa shape index (κ1) is 19.7. The Labute approximate surface area is 159 Å². The molecule has 146 valence electrons. The molecule has 2 aromatic carbocycles. The van der Waals surface area contributed by atoms with Gasteiger partial charge in [-0.15, -0.1) is 0 Å². The number of carbonyl (C=O) groups is 2. The zero-order chi connectivity index (χ0) is 20.6. The molecule has 0 fully saturated rings. The van der Waals surface area contributed by atoms with Crippen molar-refractivity contribution >= 4 is 17.4 Å². The van der Waals surface area contributed by atoms with E-state index >= 15 is 0 Å². The van der Waals surface area contributed by atoms with Crippen LogP contribution in [0.2, 0.25) is 0 Å². The van der Waals surface area contributed by atoms with Crippen molar-refractivity contribution < 1.29 is 27.9 Å². The van der Waals surface area contributed by atoms with Crippen molar-refractivity contribution in [3.05, 3.63) is 76.6 Å². The third-order valence-electron chi connectivity index (χ3n) is 4.79. The molecule has 0 radical (unpaired) electrons. The number of hydrogen-bond acceptors (Lipinski definition) is 3. The molecule has 1 atom stereocenters. The third kappa shape index (κ3) is 3.28. The number of Topliss-reactive ketones (excluding diaryl/α,β-unsaturated/α-hetero) is 1. The molecule has 0 saturated heterocycles. The largest absolute Gasteiger partial charge is 0.503 e. The maximum Gasteiger partial charge on any atom is 0.416 e. The molecular weight excluding hydrogens is 371 g/mol. The quantitative estimate of drug-likeness (QED) is 0.810. The first-order valence-electron chi connectivity index (χ1n) is 8.69. The molecule has 1 N–H and O–H groups in total. The Morgan fingerprint density at radius 1 is 1.11 bits per heavy atom. The van der Waals surface area contributed by atoms with Crippen LogP contribution in [0.3, 0.4) is 0 Å². The fourth-order valence-corrected chi connectivity index (χ4v) is 3.35. The van der Waals surface area contributed by atoms with E-state index in [0.717, 1.165) is 17.7 Å². The third-order valence-corrected chi connectivity index (χ3v) is 4.79. The molecule has 0 bridgehead atoms. The van der Waals surface area contributed by atoms with E-state index in [2.05, 4.69) is 0 Å². The number of benzene rings is 2. The Hall–Kier alpha value is -3.09. The summed E-state index contributed by atoms with van der Waals surface area (Å²) in [5, 5.41) is 10.4. The normalized spacial score (nSPS) is 17.4. The standard InChI is InChI=1S/C21H18F3NO3/c1-3-16(26)17-18(15-7-5-4-6-12(15)2)25(20(28)19(17)27)14-10-8-13(9-11-14)21(22,23)24/h4-11,18,27H,3H2,1-2H3. The number of rotatable bonds is 4. The summed E-state index contributed by atoms with van der Waals surface area (Å²) in [5.74, 6) is -1.88. The highest BCUT2D eigenvalue weighted by Gasteiger charge is 2.44. The van der Waals surface area contributed by atoms with Crippen LogP contribution in [-0.2, 0) is 15.8 Å². The lowest BCUT2D eigenvalue weighted by Crippen LogP contribution is -2.31. The number of alkyl halides is 3. The van der Waals surface area contributed by atoms with Gasteiger partial charge in [0.25, 0.3) is 5.91 Å². The fourth-order valence-electron chi connectivity index (χ4n) is 3.35. The van der Waals surface area contributed by atoms with Gasteiger partial charge in [0.2, 0.25) is 0 Å². The smallest absolute Gasteiger partial charge is 0.416 e. The number of anilines is 1. The van der Waals surface area contributed by atoms with Gasteiger partial charge in [-0.2, -0.15) is 13.2 Å². The molecule has 2 aromatic rings. The molecule has 1 heterocycles. The highest BCUT2D eigenvalue weighted by atomic mass is 19.4. The lowest BCUT2D eigenvalue weighted by atomic mass is 9.92. The van der Waals surface area contributed by atoms with Gasteiger partial charge in [0.05, 0.1) is 17.2 Å². The second-order valence-corrected chi connectivity index (χ2v) is 6.52. The molecule has 0 spiro atoms. The number of aliphatic hydroxyl groups excluding tert-OH is 1. The Bertz CT molecular complexity index is 962. The molecule has 0 aromatic heterocycles. The lowest BCUT2D eigenvalue weighted by Gasteiger charge is -2.28. The van der Waals surface area contributed by atoms with Crippen molar-refractivity contribution in [3.8, 4) is 0 Å². The van der Waals surface area contributed by atoms with E-state index in [1.165, 1.54) is 17.0 Å². The summed E-state index contributed by atoms with van der Waals surface area (Å²) in [6.07, 6.45) is -4.43. The molecule has 28 heavy (non-hydrogen) atoms. The number of halogens is 3. The number of nitrogens with zero attached hydrogens (tertiary/aromatic N) is 1. The van der Waals surface area contributed by atoms with Gasteiger partial charge in [0.1, 0.15) is 0 Å². The molecule has 7 heteroatoms. The molecule has 1 aliphatic rings. The van der Waals surface area contributed by atoms with Crippen LogP contribution < -0.4 is 4.90 Å². The van der Waals surface area contributed by atoms with E-state index in [1.54, 1.807) is 38.1 Å². The molecular formula is C21H18F3NO3. The SMILES string of the molecule is CCC(=O)C1=C(O)C(=O)N(c2ccc(C(F)(F)F)cc2)C1c1ccccc1C. The zero-order valence-corrected chi connectivity index (χ0v) is 15.2. The van der Waals surface area contributed by atoms with E-state index in [4.69, 9.17) is 0 Å². The van der Waals surface area contributed by atoms with Gasteiger partial charge >= 0.3 is 6.18 Å². The van der Waals surface area contributed by atoms with Gasteiger partial charge in [-0.05, 0) is 42.3 Å². The van der Waals surface area contributed by atoms with Crippen molar-refractivity contribution in [3.63, 3.8) is 0 Å². The molecule has 1 aliphatic heterocycles. The maximum absolute atomic E-state index is 12.9. The first-order valence-corrected chi connectivity index (χ1v) is 8.69. The molecule has 0 saturated carbocycles. The van der Waals surface area contributed by atoms with E-state index in [9.17, 15) is 27.9 Å². The minimum atomic E-state index is -4.51. The van der Waals surface area contributed by atoms with E-state index < -0.39 is 35.2 Å². The average molecular weight is 389 g/mol. The number of amides is 1. The Morgan fingerprint density at radius 3 is 2.25 bits per heavy atom. The second-order valence-electron chi connectivity index (χ2n) is 6.52. The predicted molar refractivity (Wildman–Crippen MR) is 97.8 cm³/mol. The fraction of sp³-hybridized carbons (Fsp3) is 0.238. The first-order chi connectivity index (χ1) is 13.2. The van der Waals surface area contributed by atoms with Crippen molar-refractivity contribution in [1.29, 1.82) is 0 Å². The van der Waals surface area contributed by atoms with Crippen LogP contribution in [-0.4, -0.2) is 16.8 Å². The van der Waals surface area contributed by atoms with Gasteiger partial charge in [0.15, 0.2) is 11.5 Å². The van der Waals surface area contributed by atoms with Crippen molar-refractivity contribution in [2.24, 2.45) is 0 Å². The number of ketones is 1. The number of carbonyl (C=O) groups excluding carboxylic acids is 2. The molecule has 4 nitrogen and oxygen atoms in total. The summed E-state index contributed by atoms with van der Waals surface area (Å²) in [6, 6.07) is 10.2. The topological polar surface area (TPSA) is 57.6 Å². The van der Waals surface area contributed by atoms with Gasteiger partial charge in [-0.25, -0.2) is 0 Å². The van der Waals surface area contributed by atoms with Crippen molar-refractivity contribution in [1.82, 2.24) is 0 Å². The van der Waals surface area contributed by atoms with Crippen LogP contribution in [0.5, 0.6) is 0 Å². The molecule has 0 aliphatic carbocycles. The number of aryl methyl sites for hydroxylation is 1. The second kappa shape index (κ2) is 7.14. The molecule has 1 unspecified atom stereocenters. The summed E-state index contributed by atoms with van der Waals surface area (Å²) in [6.45, 7) is 3.41. The highest BCUT2D eigenvalue weighted by molar-refractivity contribution is 6.16. The van der Waals surface area contributed by atoms with Crippen LogP contribution in [0.15, 0.2) is 59.9 Å². The summed E-state index contributed by atoms with van der Waals surface area (Å²) in [7, 11) is 0. The number of hydrogen-bond donors (Lipinski definition) is 1. The summed E-state index contributed by atoms with van der Waals surface area (Å²) in [5.41, 5.74) is 0.681. The number of aliphatic hydroxyl groups is 1. The van der Waals surface area contributed by atoms with Gasteiger partial charge < -0.3 is 5.11 Å². The van der Waals surface area contributed by atoms with Crippen LogP contribution in [0.4, 0.5) is 18.9 Å². The van der Waals surface area contributed by atoms with Gasteiger partial charge in [-0.3, -0.25) is 14.5 Å². The Kier molecular flexibility index (Phi) is 5.02. The minimum absolute atomic E-state index is 0.0401. The van der Waals surface area contributed by atoms with E-state index in [-0.39, 0.29) is 17.7 Å². The van der Waals surface area contributed by atoms with Crippen molar-refractivity contribution in [2.75, 3.05) is 4.90 Å². The van der Waals surface area contributed by atoms with Crippen molar-refractivity contribution in [2.45, 2.75) is 32.5 Å². The Morgan fingerprint density at radius 2 is 1.71 bits per heavy atom. The summed E-state index contributed by atoms with van der Waals surface area (Å²) in [4.78, 5) is 26.4. The summed E-state index contributed by atoms with van der Waals surface area (Å²) >= 11 is 0. The van der Waals surface area contributed by atoms with Gasteiger partial charge in [-0.1, -0.05) is 31.2 Å². The highest BCUT2D eigenvalue weighted by Crippen LogP contribution is 2.42. The van der Waals surface area contributed by atoms with Crippen LogP contribution in [0, 0.1) is 6.92 Å². The zero-order valence-electron chi connectivity index (χ0n) is 15.2. The minimum Gasteiger partial charge on any atom is -0.503 e.